The van der Waals surface area contributed by atoms with Crippen LogP contribution in [0.2, 0.25) is 0 Å². The van der Waals surface area contributed by atoms with Gasteiger partial charge < -0.3 is 10.2 Å². The monoisotopic (exact) mass is 738 g/mol. The first-order valence-corrected chi connectivity index (χ1v) is 21.8. The Morgan fingerprint density at radius 3 is 1.71 bits per heavy atom. The van der Waals surface area contributed by atoms with Gasteiger partial charge in [-0.3, -0.25) is 0 Å². The van der Waals surface area contributed by atoms with E-state index in [9.17, 15) is 10.2 Å². The number of phenolic OH excluding ortho intramolecular Hbond substituents is 1. The molecule has 3 aromatic rings. The normalized spacial score (nSPS) is 22.3. The van der Waals surface area contributed by atoms with E-state index in [-0.39, 0.29) is 27.6 Å². The van der Waals surface area contributed by atoms with Crippen molar-refractivity contribution < 1.29 is 10.2 Å². The molecule has 0 radical (unpaired) electrons. The molecule has 0 saturated heterocycles. The topological polar surface area (TPSA) is 40.5 Å². The maximum atomic E-state index is 12.1. The fraction of sp³-hybridized carbons (Fsp3) is 0.542. The Bertz CT molecular complexity index is 1690. The highest BCUT2D eigenvalue weighted by molar-refractivity contribution is 8.03. The van der Waals surface area contributed by atoms with Crippen molar-refractivity contribution in [2.75, 3.05) is 5.75 Å². The number of rotatable bonds is 10. The second-order valence-electron chi connectivity index (χ2n) is 18.6. The predicted octanol–water partition coefficient (Wildman–Crippen LogP) is 12.9. The maximum absolute atomic E-state index is 12.1. The van der Waals surface area contributed by atoms with E-state index in [0.717, 1.165) is 28.2 Å². The molecule has 1 fully saturated rings. The summed E-state index contributed by atoms with van der Waals surface area (Å²) in [7, 11) is 0. The third-order valence-corrected chi connectivity index (χ3v) is 15.0. The van der Waals surface area contributed by atoms with Crippen LogP contribution in [-0.4, -0.2) is 32.6 Å². The van der Waals surface area contributed by atoms with E-state index in [1.165, 1.54) is 60.8 Å². The summed E-state index contributed by atoms with van der Waals surface area (Å²) >= 11 is 4.15. The third-order valence-electron chi connectivity index (χ3n) is 11.8. The number of allylic oxidation sites excluding steroid dienone is 2. The number of aliphatic hydroxyl groups excluding tert-OH is 1. The quantitative estimate of drug-likeness (QED) is 0.217. The maximum Gasteiger partial charge on any atom is 0.123 e. The summed E-state index contributed by atoms with van der Waals surface area (Å²) in [6.07, 6.45) is 11.7. The van der Waals surface area contributed by atoms with Crippen LogP contribution in [0, 0.1) is 11.3 Å². The van der Waals surface area contributed by atoms with Crippen molar-refractivity contribution in [2.45, 2.75) is 146 Å². The Hall–Kier alpha value is -2.40. The average Bonchev–Trinajstić information content (AvgIpc) is 3.08. The van der Waals surface area contributed by atoms with E-state index in [0.29, 0.717) is 16.2 Å². The lowest BCUT2D eigenvalue weighted by atomic mass is 9.68. The second kappa shape index (κ2) is 16.5. The SMILES string of the molecule is CC(C)(C)C1=CC(CSC2CCCCCCC2SCc2cc(C(C)(C)C)cc(C(C)(C)c3ccccc3)c2O)C(O)C(C(C)(C)c2ccccc2)=C1. The molecule has 0 aliphatic heterocycles. The molecule has 282 valence electrons. The Kier molecular flexibility index (Phi) is 13.0. The first-order chi connectivity index (χ1) is 24.4. The van der Waals surface area contributed by atoms with Gasteiger partial charge in [-0.2, -0.15) is 23.5 Å². The molecule has 2 N–H and O–H groups in total. The molecule has 2 nitrogen and oxygen atoms in total. The van der Waals surface area contributed by atoms with Crippen LogP contribution in [0.15, 0.2) is 96.1 Å². The number of hydrogen-bond acceptors (Lipinski definition) is 4. The van der Waals surface area contributed by atoms with E-state index < -0.39 is 6.10 Å². The van der Waals surface area contributed by atoms with Gasteiger partial charge in [-0.15, -0.1) is 0 Å². The minimum atomic E-state index is -0.517. The summed E-state index contributed by atoms with van der Waals surface area (Å²) in [5.74, 6) is 2.22. The summed E-state index contributed by atoms with van der Waals surface area (Å²) in [5.41, 5.74) is 7.63. The average molecular weight is 739 g/mol. The van der Waals surface area contributed by atoms with E-state index in [4.69, 9.17) is 0 Å². The van der Waals surface area contributed by atoms with Gasteiger partial charge in [-0.05, 0) is 51.5 Å². The zero-order valence-corrected chi connectivity index (χ0v) is 35.4. The van der Waals surface area contributed by atoms with E-state index in [2.05, 4.69) is 178 Å². The molecule has 5 rings (SSSR count). The minimum absolute atomic E-state index is 0.00276. The van der Waals surface area contributed by atoms with Crippen LogP contribution in [0.1, 0.15) is 136 Å². The molecule has 0 aromatic heterocycles. The van der Waals surface area contributed by atoms with Crippen LogP contribution in [0.4, 0.5) is 0 Å². The molecule has 52 heavy (non-hydrogen) atoms. The Balaban J connectivity index is 1.40. The number of benzene rings is 3. The van der Waals surface area contributed by atoms with Crippen LogP contribution < -0.4 is 0 Å². The fourth-order valence-corrected chi connectivity index (χ4v) is 11.2. The molecule has 3 aromatic carbocycles. The lowest BCUT2D eigenvalue weighted by molar-refractivity contribution is 0.156. The van der Waals surface area contributed by atoms with Gasteiger partial charge in [0.05, 0.1) is 6.10 Å². The van der Waals surface area contributed by atoms with Gasteiger partial charge in [0.15, 0.2) is 0 Å². The molecular weight excluding hydrogens is 673 g/mol. The largest absolute Gasteiger partial charge is 0.507 e. The van der Waals surface area contributed by atoms with Gasteiger partial charge in [0.25, 0.3) is 0 Å². The molecule has 2 aliphatic carbocycles. The highest BCUT2D eigenvalue weighted by Crippen LogP contribution is 2.46. The van der Waals surface area contributed by atoms with Crippen LogP contribution in [-0.2, 0) is 22.0 Å². The van der Waals surface area contributed by atoms with E-state index in [1.807, 2.05) is 0 Å². The standard InChI is InChI=1S/C48H66O2S2/c1-45(2,3)37-27-33(43(49)39(29-37)47(7,8)35-21-15-13-16-22-35)31-51-41-25-19-11-12-20-26-42(41)52-32-34-28-38(46(4,5)6)30-40(44(34)50)48(9,10)36-23-17-14-18-24-36/h13-18,21-24,27-30,33,41-43,49-50H,11-12,19-20,25-26,31-32H2,1-10H3. The molecule has 0 bridgehead atoms. The Morgan fingerprint density at radius 2 is 1.17 bits per heavy atom. The van der Waals surface area contributed by atoms with Gasteiger partial charge in [-0.25, -0.2) is 0 Å². The molecule has 4 heteroatoms. The van der Waals surface area contributed by atoms with Crippen LogP contribution in [0.3, 0.4) is 0 Å². The van der Waals surface area contributed by atoms with Crippen LogP contribution >= 0.6 is 23.5 Å². The van der Waals surface area contributed by atoms with Crippen LogP contribution in [0.5, 0.6) is 5.75 Å². The smallest absolute Gasteiger partial charge is 0.123 e. The fourth-order valence-electron chi connectivity index (χ4n) is 7.98. The van der Waals surface area contributed by atoms with Crippen molar-refractivity contribution in [3.8, 4) is 5.75 Å². The molecule has 0 heterocycles. The first-order valence-electron chi connectivity index (χ1n) is 19.7. The number of phenols is 1. The van der Waals surface area contributed by atoms with E-state index in [1.54, 1.807) is 0 Å². The third kappa shape index (κ3) is 9.45. The number of thioether (sulfide) groups is 2. The van der Waals surface area contributed by atoms with Crippen molar-refractivity contribution in [2.24, 2.45) is 11.3 Å². The highest BCUT2D eigenvalue weighted by Gasteiger charge is 2.38. The van der Waals surface area contributed by atoms with Gasteiger partial charge in [0.1, 0.15) is 5.75 Å². The lowest BCUT2D eigenvalue weighted by Crippen LogP contribution is -2.37. The van der Waals surface area contributed by atoms with Gasteiger partial charge in [0.2, 0.25) is 0 Å². The molecule has 4 atom stereocenters. The minimum Gasteiger partial charge on any atom is -0.507 e. The van der Waals surface area contributed by atoms with Crippen LogP contribution in [0.25, 0.3) is 0 Å². The summed E-state index contributed by atoms with van der Waals surface area (Å²) in [4.78, 5) is 0. The molecule has 4 unspecified atom stereocenters. The van der Waals surface area contributed by atoms with Gasteiger partial charge in [0, 0.05) is 49.9 Å². The zero-order chi connectivity index (χ0) is 37.9. The number of aliphatic hydroxyl groups is 1. The Morgan fingerprint density at radius 1 is 0.635 bits per heavy atom. The van der Waals surface area contributed by atoms with Crippen molar-refractivity contribution >= 4 is 23.5 Å². The molecule has 1 saturated carbocycles. The Labute approximate surface area is 325 Å². The zero-order valence-electron chi connectivity index (χ0n) is 33.8. The van der Waals surface area contributed by atoms with Crippen molar-refractivity contribution in [3.05, 3.63) is 124 Å². The lowest BCUT2D eigenvalue weighted by Gasteiger charge is -2.40. The number of hydrogen-bond donors (Lipinski definition) is 2. The highest BCUT2D eigenvalue weighted by atomic mass is 32.2. The first kappa shape index (κ1) is 40.8. The molecule has 0 amide bonds. The van der Waals surface area contributed by atoms with Gasteiger partial charge >= 0.3 is 0 Å². The molecule has 0 spiro atoms. The van der Waals surface area contributed by atoms with Crippen molar-refractivity contribution in [1.82, 2.24) is 0 Å². The second-order valence-corrected chi connectivity index (χ2v) is 21.1. The van der Waals surface area contributed by atoms with Gasteiger partial charge in [-0.1, -0.05) is 180 Å². The summed E-state index contributed by atoms with van der Waals surface area (Å²) in [6.45, 7) is 22.7. The summed E-state index contributed by atoms with van der Waals surface area (Å²) < 4.78 is 0. The number of aromatic hydroxyl groups is 1. The van der Waals surface area contributed by atoms with E-state index >= 15 is 0 Å². The van der Waals surface area contributed by atoms with Crippen molar-refractivity contribution in [3.63, 3.8) is 0 Å². The summed E-state index contributed by atoms with van der Waals surface area (Å²) in [5, 5.41) is 25.1. The molecular formula is C48H66O2S2. The van der Waals surface area contributed by atoms with Crippen molar-refractivity contribution in [1.29, 1.82) is 0 Å². The molecule has 2 aliphatic rings. The summed E-state index contributed by atoms with van der Waals surface area (Å²) in [6, 6.07) is 25.8. The predicted molar refractivity (Wildman–Crippen MR) is 229 cm³/mol.